The maximum atomic E-state index is 12.8. The van der Waals surface area contributed by atoms with E-state index in [1.807, 2.05) is 48.6 Å². The van der Waals surface area contributed by atoms with Gasteiger partial charge in [0.15, 0.2) is 0 Å². The van der Waals surface area contributed by atoms with E-state index < -0.39 is 0 Å². The summed E-state index contributed by atoms with van der Waals surface area (Å²) in [7, 11) is 0. The molecule has 1 heterocycles. The molecule has 0 radical (unpaired) electrons. The fraction of sp³-hybridized carbons (Fsp3) is 0.304. The van der Waals surface area contributed by atoms with Crippen molar-refractivity contribution in [2.24, 2.45) is 11.8 Å². The highest BCUT2D eigenvalue weighted by Gasteiger charge is 2.47. The van der Waals surface area contributed by atoms with Crippen LogP contribution in [0.25, 0.3) is 0 Å². The Morgan fingerprint density at radius 3 is 1.63 bits per heavy atom. The average Bonchev–Trinajstić information content (AvgIpc) is 2.95. The van der Waals surface area contributed by atoms with Crippen LogP contribution < -0.4 is 0 Å². The predicted molar refractivity (Wildman–Crippen MR) is 104 cm³/mol. The van der Waals surface area contributed by atoms with Gasteiger partial charge in [-0.15, -0.1) is 0 Å². The zero-order valence-electron chi connectivity index (χ0n) is 15.3. The van der Waals surface area contributed by atoms with Gasteiger partial charge < -0.3 is 0 Å². The second-order valence-corrected chi connectivity index (χ2v) is 7.36. The number of amides is 2. The number of carbonyl (C=O) groups excluding carboxylic acids is 2. The van der Waals surface area contributed by atoms with Gasteiger partial charge in [0.05, 0.1) is 18.5 Å². The van der Waals surface area contributed by atoms with E-state index in [0.717, 1.165) is 0 Å². The number of hydrogen-bond acceptors (Lipinski definition) is 3. The van der Waals surface area contributed by atoms with Crippen molar-refractivity contribution >= 4 is 11.8 Å². The third kappa shape index (κ3) is 3.86. The van der Waals surface area contributed by atoms with E-state index in [9.17, 15) is 9.59 Å². The van der Waals surface area contributed by atoms with Crippen molar-refractivity contribution < 1.29 is 9.59 Å². The molecule has 2 aliphatic rings. The normalized spacial score (nSPS) is 21.7. The molecule has 138 valence electrons. The summed E-state index contributed by atoms with van der Waals surface area (Å²) in [5.74, 6) is -0.364. The summed E-state index contributed by atoms with van der Waals surface area (Å²) in [6, 6.07) is 20.4. The fourth-order valence-electron chi connectivity index (χ4n) is 4.05. The van der Waals surface area contributed by atoms with Gasteiger partial charge in [-0.1, -0.05) is 72.8 Å². The van der Waals surface area contributed by atoms with Crippen LogP contribution in [0, 0.1) is 11.8 Å². The van der Waals surface area contributed by atoms with Crippen LogP contribution in [0.3, 0.4) is 0 Å². The van der Waals surface area contributed by atoms with Crippen molar-refractivity contribution in [2.45, 2.75) is 25.9 Å². The van der Waals surface area contributed by atoms with Gasteiger partial charge in [-0.25, -0.2) is 0 Å². The number of benzene rings is 2. The van der Waals surface area contributed by atoms with Crippen LogP contribution in [0.5, 0.6) is 0 Å². The Labute approximate surface area is 160 Å². The van der Waals surface area contributed by atoms with Gasteiger partial charge in [0.1, 0.15) is 0 Å². The molecule has 0 saturated carbocycles. The second-order valence-electron chi connectivity index (χ2n) is 7.36. The van der Waals surface area contributed by atoms with Crippen molar-refractivity contribution in [2.75, 3.05) is 6.67 Å². The molecule has 2 aromatic carbocycles. The van der Waals surface area contributed by atoms with E-state index in [2.05, 4.69) is 29.2 Å². The fourth-order valence-corrected chi connectivity index (χ4v) is 4.05. The van der Waals surface area contributed by atoms with E-state index >= 15 is 0 Å². The molecule has 0 N–H and O–H groups in total. The zero-order chi connectivity index (χ0) is 18.6. The van der Waals surface area contributed by atoms with Crippen LogP contribution in [0.15, 0.2) is 72.8 Å². The molecule has 1 aliphatic heterocycles. The van der Waals surface area contributed by atoms with Crippen molar-refractivity contribution in [3.8, 4) is 0 Å². The number of fused-ring (bicyclic) bond motifs is 1. The minimum Gasteiger partial charge on any atom is -0.277 e. The van der Waals surface area contributed by atoms with Gasteiger partial charge in [0, 0.05) is 13.1 Å². The number of nitrogens with zero attached hydrogens (tertiary/aromatic N) is 2. The number of allylic oxidation sites excluding steroid dienone is 2. The van der Waals surface area contributed by atoms with E-state index in [4.69, 9.17) is 0 Å². The smallest absolute Gasteiger partial charge is 0.234 e. The highest BCUT2D eigenvalue weighted by molar-refractivity contribution is 6.05. The Morgan fingerprint density at radius 1 is 0.741 bits per heavy atom. The van der Waals surface area contributed by atoms with Gasteiger partial charge >= 0.3 is 0 Å². The monoisotopic (exact) mass is 360 g/mol. The highest BCUT2D eigenvalue weighted by atomic mass is 16.2. The molecular formula is C23H24N2O2. The molecule has 1 fully saturated rings. The van der Waals surface area contributed by atoms with Gasteiger partial charge in [-0.05, 0) is 24.0 Å². The largest absolute Gasteiger partial charge is 0.277 e. The first-order valence-electron chi connectivity index (χ1n) is 9.53. The summed E-state index contributed by atoms with van der Waals surface area (Å²) in [4.78, 5) is 29.3. The zero-order valence-corrected chi connectivity index (χ0v) is 15.3. The SMILES string of the molecule is O=C1[C@@H]2CC=CC[C@H]2C(=O)N1CN(Cc1ccccc1)Cc1ccccc1. The standard InChI is InChI=1S/C23H24N2O2/c26-22-20-13-7-8-14-21(20)23(27)25(22)17-24(15-18-9-3-1-4-10-18)16-19-11-5-2-6-12-19/h1-12,20-21H,13-17H2/t20-,21-/m1/s1. The molecule has 1 saturated heterocycles. The molecule has 2 amide bonds. The molecule has 2 aromatic rings. The van der Waals surface area contributed by atoms with Crippen LogP contribution in [0.2, 0.25) is 0 Å². The molecule has 0 aromatic heterocycles. The molecule has 27 heavy (non-hydrogen) atoms. The third-order valence-corrected chi connectivity index (χ3v) is 5.44. The minimum absolute atomic E-state index is 0.0135. The lowest BCUT2D eigenvalue weighted by molar-refractivity contribution is -0.142. The van der Waals surface area contributed by atoms with Crippen LogP contribution in [-0.4, -0.2) is 28.3 Å². The quantitative estimate of drug-likeness (QED) is 0.584. The maximum absolute atomic E-state index is 12.8. The number of likely N-dealkylation sites (tertiary alicyclic amines) is 1. The molecular weight excluding hydrogens is 336 g/mol. The first kappa shape index (κ1) is 17.7. The van der Waals surface area contributed by atoms with Crippen LogP contribution in [0.1, 0.15) is 24.0 Å². The first-order valence-corrected chi connectivity index (χ1v) is 9.53. The van der Waals surface area contributed by atoms with E-state index in [-0.39, 0.29) is 23.7 Å². The van der Waals surface area contributed by atoms with Crippen molar-refractivity contribution in [1.82, 2.24) is 9.80 Å². The summed E-state index contributed by atoms with van der Waals surface area (Å²) in [6.07, 6.45) is 5.43. The Bertz CT molecular complexity index is 764. The predicted octanol–water partition coefficient (Wildman–Crippen LogP) is 3.60. The molecule has 2 atom stereocenters. The molecule has 0 bridgehead atoms. The van der Waals surface area contributed by atoms with E-state index in [1.165, 1.54) is 16.0 Å². The van der Waals surface area contributed by atoms with Crippen LogP contribution in [0.4, 0.5) is 0 Å². The van der Waals surface area contributed by atoms with Crippen molar-refractivity contribution in [3.63, 3.8) is 0 Å². The lowest BCUT2D eigenvalue weighted by Crippen LogP contribution is -2.41. The first-order chi connectivity index (χ1) is 13.2. The summed E-state index contributed by atoms with van der Waals surface area (Å²) in [6.45, 7) is 1.73. The second kappa shape index (κ2) is 7.89. The number of carbonyl (C=O) groups is 2. The van der Waals surface area contributed by atoms with Crippen LogP contribution in [-0.2, 0) is 22.7 Å². The molecule has 4 heteroatoms. The lowest BCUT2D eigenvalue weighted by Gasteiger charge is -2.27. The van der Waals surface area contributed by atoms with Gasteiger partial charge in [0.2, 0.25) is 11.8 Å². The third-order valence-electron chi connectivity index (χ3n) is 5.44. The van der Waals surface area contributed by atoms with Gasteiger partial charge in [0.25, 0.3) is 0 Å². The highest BCUT2D eigenvalue weighted by Crippen LogP contribution is 2.35. The van der Waals surface area contributed by atoms with E-state index in [0.29, 0.717) is 32.6 Å². The Hall–Kier alpha value is -2.72. The molecule has 4 rings (SSSR count). The summed E-state index contributed by atoms with van der Waals surface area (Å²) in [5, 5.41) is 0. The Balaban J connectivity index is 1.53. The summed E-state index contributed by atoms with van der Waals surface area (Å²) >= 11 is 0. The Kier molecular flexibility index (Phi) is 5.16. The molecule has 0 unspecified atom stereocenters. The van der Waals surface area contributed by atoms with Gasteiger partial charge in [-0.2, -0.15) is 0 Å². The Morgan fingerprint density at radius 2 is 1.19 bits per heavy atom. The van der Waals surface area contributed by atoms with E-state index in [1.54, 1.807) is 0 Å². The molecule has 0 spiro atoms. The van der Waals surface area contributed by atoms with Gasteiger partial charge in [-0.3, -0.25) is 19.4 Å². The van der Waals surface area contributed by atoms with Crippen molar-refractivity contribution in [3.05, 3.63) is 83.9 Å². The maximum Gasteiger partial charge on any atom is 0.234 e. The molecule has 4 nitrogen and oxygen atoms in total. The topological polar surface area (TPSA) is 40.6 Å². The minimum atomic E-state index is -0.169. The number of imide groups is 1. The number of rotatable bonds is 6. The lowest BCUT2D eigenvalue weighted by atomic mass is 9.85. The van der Waals surface area contributed by atoms with Crippen LogP contribution >= 0.6 is 0 Å². The number of hydrogen-bond donors (Lipinski definition) is 0. The molecule has 1 aliphatic carbocycles. The summed E-state index contributed by atoms with van der Waals surface area (Å²) < 4.78 is 0. The average molecular weight is 360 g/mol. The summed E-state index contributed by atoms with van der Waals surface area (Å²) in [5.41, 5.74) is 2.35. The van der Waals surface area contributed by atoms with Crippen molar-refractivity contribution in [1.29, 1.82) is 0 Å².